The summed E-state index contributed by atoms with van der Waals surface area (Å²) in [5.41, 5.74) is 2.29. The van der Waals surface area contributed by atoms with Gasteiger partial charge in [0.1, 0.15) is 0 Å². The molecule has 0 radical (unpaired) electrons. The first-order valence-corrected chi connectivity index (χ1v) is 7.04. The van der Waals surface area contributed by atoms with Crippen molar-refractivity contribution >= 4 is 5.69 Å². The molecule has 0 saturated carbocycles. The molecule has 4 nitrogen and oxygen atoms in total. The average molecular weight is 279 g/mol. The van der Waals surface area contributed by atoms with E-state index in [2.05, 4.69) is 27.6 Å². The van der Waals surface area contributed by atoms with Crippen LogP contribution in [0, 0.1) is 0 Å². The number of hydrogen-bond acceptors (Lipinski definition) is 4. The van der Waals surface area contributed by atoms with Crippen molar-refractivity contribution in [3.05, 3.63) is 77.9 Å². The highest BCUT2D eigenvalue weighted by Crippen LogP contribution is 2.08. The topological polar surface area (TPSA) is 51.0 Å². The minimum atomic E-state index is 0.671. The number of nitrogens with zero attached hydrogens (tertiary/aromatic N) is 2. The van der Waals surface area contributed by atoms with Crippen molar-refractivity contribution in [2.75, 3.05) is 11.9 Å². The summed E-state index contributed by atoms with van der Waals surface area (Å²) in [6.45, 7) is 0.775. The molecule has 0 aliphatic rings. The second-order valence-electron chi connectivity index (χ2n) is 4.81. The molecule has 4 heteroatoms. The smallest absolute Gasteiger partial charge is 0.228 e. The van der Waals surface area contributed by atoms with Crippen molar-refractivity contribution in [1.29, 1.82) is 0 Å². The van der Waals surface area contributed by atoms with Crippen LogP contribution in [0.4, 0.5) is 5.69 Å². The summed E-state index contributed by atoms with van der Waals surface area (Å²) in [5, 5.41) is 7.35. The van der Waals surface area contributed by atoms with Crippen molar-refractivity contribution < 1.29 is 4.52 Å². The van der Waals surface area contributed by atoms with E-state index in [1.165, 1.54) is 5.56 Å². The molecule has 0 atom stereocenters. The first kappa shape index (κ1) is 13.4. The highest BCUT2D eigenvalue weighted by Gasteiger charge is 2.06. The van der Waals surface area contributed by atoms with Crippen LogP contribution in [0.3, 0.4) is 0 Å². The minimum Gasteiger partial charge on any atom is -0.385 e. The molecule has 0 unspecified atom stereocenters. The molecular weight excluding hydrogens is 262 g/mol. The molecule has 0 aliphatic carbocycles. The lowest BCUT2D eigenvalue weighted by molar-refractivity contribution is 0.376. The Kier molecular flexibility index (Phi) is 4.27. The van der Waals surface area contributed by atoms with E-state index in [1.807, 2.05) is 48.5 Å². The molecule has 21 heavy (non-hydrogen) atoms. The molecule has 1 heterocycles. The molecule has 1 aromatic heterocycles. The Balaban J connectivity index is 1.51. The normalized spacial score (nSPS) is 10.5. The molecule has 0 amide bonds. The zero-order valence-electron chi connectivity index (χ0n) is 11.7. The lowest BCUT2D eigenvalue weighted by Crippen LogP contribution is -2.04. The number of para-hydroxylation sites is 1. The molecular formula is C17H17N3O. The average Bonchev–Trinajstić information content (AvgIpc) is 2.97. The number of benzene rings is 2. The van der Waals surface area contributed by atoms with Crippen LogP contribution >= 0.6 is 0 Å². The summed E-state index contributed by atoms with van der Waals surface area (Å²) in [6, 6.07) is 20.2. The monoisotopic (exact) mass is 279 g/mol. The molecule has 1 N–H and O–H groups in total. The molecule has 0 bridgehead atoms. The summed E-state index contributed by atoms with van der Waals surface area (Å²) >= 11 is 0. The summed E-state index contributed by atoms with van der Waals surface area (Å²) in [7, 11) is 0. The van der Waals surface area contributed by atoms with Gasteiger partial charge in [0, 0.05) is 25.1 Å². The molecule has 0 spiro atoms. The van der Waals surface area contributed by atoms with Crippen LogP contribution in [0.15, 0.2) is 65.2 Å². The van der Waals surface area contributed by atoms with Crippen LogP contribution in [-0.2, 0) is 12.8 Å². The molecule has 0 fully saturated rings. The zero-order valence-corrected chi connectivity index (χ0v) is 11.7. The standard InChI is InChI=1S/C17H17N3O/c1-3-7-14(8-4-1)13-16-19-17(21-20-16)11-12-18-15-9-5-2-6-10-15/h1-10,18H,11-13H2. The first-order chi connectivity index (χ1) is 10.4. The zero-order chi connectivity index (χ0) is 14.3. The fraction of sp³-hybridized carbons (Fsp3) is 0.176. The minimum absolute atomic E-state index is 0.671. The van der Waals surface area contributed by atoms with E-state index in [9.17, 15) is 0 Å². The SMILES string of the molecule is c1ccc(Cc2noc(CCNc3ccccc3)n2)cc1. The molecule has 3 aromatic rings. The van der Waals surface area contributed by atoms with Crippen molar-refractivity contribution in [2.45, 2.75) is 12.8 Å². The highest BCUT2D eigenvalue weighted by molar-refractivity contribution is 5.42. The summed E-state index contributed by atoms with van der Waals surface area (Å²) in [4.78, 5) is 4.42. The van der Waals surface area contributed by atoms with E-state index in [0.29, 0.717) is 12.3 Å². The maximum absolute atomic E-state index is 5.27. The van der Waals surface area contributed by atoms with Crippen molar-refractivity contribution in [3.63, 3.8) is 0 Å². The lowest BCUT2D eigenvalue weighted by Gasteiger charge is -2.02. The predicted molar refractivity (Wildman–Crippen MR) is 82.2 cm³/mol. The number of nitrogens with one attached hydrogen (secondary N) is 1. The molecule has 0 saturated heterocycles. The Labute approximate surface area is 123 Å². The van der Waals surface area contributed by atoms with Crippen molar-refractivity contribution in [2.24, 2.45) is 0 Å². The van der Waals surface area contributed by atoms with Crippen LogP contribution in [0.25, 0.3) is 0 Å². The molecule has 3 rings (SSSR count). The van der Waals surface area contributed by atoms with Crippen LogP contribution in [-0.4, -0.2) is 16.7 Å². The van der Waals surface area contributed by atoms with Gasteiger partial charge in [-0.3, -0.25) is 0 Å². The Morgan fingerprint density at radius 1 is 0.905 bits per heavy atom. The summed E-state index contributed by atoms with van der Waals surface area (Å²) < 4.78 is 5.27. The van der Waals surface area contributed by atoms with Gasteiger partial charge in [0.15, 0.2) is 5.82 Å². The Hall–Kier alpha value is -2.62. The van der Waals surface area contributed by atoms with E-state index in [4.69, 9.17) is 4.52 Å². The van der Waals surface area contributed by atoms with Crippen LogP contribution in [0.2, 0.25) is 0 Å². The second kappa shape index (κ2) is 6.70. The van der Waals surface area contributed by atoms with E-state index in [-0.39, 0.29) is 0 Å². The van der Waals surface area contributed by atoms with E-state index in [0.717, 1.165) is 24.5 Å². The van der Waals surface area contributed by atoms with Crippen LogP contribution < -0.4 is 5.32 Å². The van der Waals surface area contributed by atoms with Gasteiger partial charge in [0.25, 0.3) is 0 Å². The quantitative estimate of drug-likeness (QED) is 0.752. The number of aromatic nitrogens is 2. The second-order valence-corrected chi connectivity index (χ2v) is 4.81. The van der Waals surface area contributed by atoms with Gasteiger partial charge in [0.05, 0.1) is 0 Å². The predicted octanol–water partition coefficient (Wildman–Crippen LogP) is 3.32. The lowest BCUT2D eigenvalue weighted by atomic mass is 10.1. The molecule has 106 valence electrons. The van der Waals surface area contributed by atoms with Crippen molar-refractivity contribution in [3.8, 4) is 0 Å². The highest BCUT2D eigenvalue weighted by atomic mass is 16.5. The van der Waals surface area contributed by atoms with Gasteiger partial charge in [-0.15, -0.1) is 0 Å². The fourth-order valence-electron chi connectivity index (χ4n) is 2.11. The van der Waals surface area contributed by atoms with Gasteiger partial charge >= 0.3 is 0 Å². The van der Waals surface area contributed by atoms with Gasteiger partial charge in [-0.25, -0.2) is 0 Å². The Morgan fingerprint density at radius 2 is 1.62 bits per heavy atom. The number of anilines is 1. The van der Waals surface area contributed by atoms with Gasteiger partial charge in [-0.2, -0.15) is 4.98 Å². The fourth-order valence-corrected chi connectivity index (χ4v) is 2.11. The van der Waals surface area contributed by atoms with Gasteiger partial charge < -0.3 is 9.84 Å². The third kappa shape index (κ3) is 3.92. The van der Waals surface area contributed by atoms with Gasteiger partial charge in [0.2, 0.25) is 5.89 Å². The van der Waals surface area contributed by atoms with E-state index in [1.54, 1.807) is 0 Å². The largest absolute Gasteiger partial charge is 0.385 e. The Morgan fingerprint density at radius 3 is 2.38 bits per heavy atom. The number of hydrogen-bond donors (Lipinski definition) is 1. The molecule has 0 aliphatic heterocycles. The molecule has 2 aromatic carbocycles. The van der Waals surface area contributed by atoms with E-state index < -0.39 is 0 Å². The third-order valence-corrected chi connectivity index (χ3v) is 3.16. The summed E-state index contributed by atoms with van der Waals surface area (Å²) in [5.74, 6) is 1.40. The number of rotatable bonds is 6. The third-order valence-electron chi connectivity index (χ3n) is 3.16. The summed E-state index contributed by atoms with van der Waals surface area (Å²) in [6.07, 6.45) is 1.42. The first-order valence-electron chi connectivity index (χ1n) is 7.04. The van der Waals surface area contributed by atoms with Gasteiger partial charge in [-0.05, 0) is 17.7 Å². The van der Waals surface area contributed by atoms with Crippen LogP contribution in [0.1, 0.15) is 17.3 Å². The maximum atomic E-state index is 5.27. The maximum Gasteiger partial charge on any atom is 0.228 e. The van der Waals surface area contributed by atoms with Crippen molar-refractivity contribution in [1.82, 2.24) is 10.1 Å². The van der Waals surface area contributed by atoms with Crippen LogP contribution in [0.5, 0.6) is 0 Å². The Bertz CT molecular complexity index is 665. The van der Waals surface area contributed by atoms with E-state index >= 15 is 0 Å². The van der Waals surface area contributed by atoms with Gasteiger partial charge in [-0.1, -0.05) is 53.7 Å².